The van der Waals surface area contributed by atoms with Crippen molar-refractivity contribution in [1.82, 2.24) is 5.43 Å². The van der Waals surface area contributed by atoms with Crippen LogP contribution in [0.25, 0.3) is 0 Å². The number of carbonyl (C=O) groups excluding carboxylic acids is 3. The van der Waals surface area contributed by atoms with Gasteiger partial charge in [-0.3, -0.25) is 24.5 Å². The van der Waals surface area contributed by atoms with Gasteiger partial charge in [0.15, 0.2) is 5.76 Å². The molecule has 40 heavy (non-hydrogen) atoms. The first-order valence-corrected chi connectivity index (χ1v) is 12.6. The Hall–Kier alpha value is -5.38. The molecule has 1 saturated heterocycles. The van der Waals surface area contributed by atoms with Crippen molar-refractivity contribution >= 4 is 35.3 Å². The van der Waals surface area contributed by atoms with Crippen LogP contribution in [-0.2, 0) is 15.0 Å². The molecule has 1 aromatic heterocycles. The first-order chi connectivity index (χ1) is 19.4. The number of rotatable bonds is 5. The molecule has 0 radical (unpaired) electrons. The van der Waals surface area contributed by atoms with Crippen LogP contribution in [-0.4, -0.2) is 28.9 Å². The van der Waals surface area contributed by atoms with E-state index in [2.05, 4.69) is 10.5 Å². The smallest absolute Gasteiger partial charge is 0.307 e. The van der Waals surface area contributed by atoms with Crippen molar-refractivity contribution in [2.75, 3.05) is 4.90 Å². The van der Waals surface area contributed by atoms with Gasteiger partial charge in [0, 0.05) is 18.2 Å². The summed E-state index contributed by atoms with van der Waals surface area (Å²) >= 11 is 0. The number of anilines is 1. The summed E-state index contributed by atoms with van der Waals surface area (Å²) in [5, 5.41) is 16.2. The number of nitrogens with one attached hydrogen (secondary N) is 1. The van der Waals surface area contributed by atoms with Crippen molar-refractivity contribution in [3.05, 3.63) is 129 Å². The average Bonchev–Trinajstić information content (AvgIpc) is 3.61. The molecule has 10 nitrogen and oxygen atoms in total. The minimum absolute atomic E-state index is 0.0651. The molecule has 2 bridgehead atoms. The summed E-state index contributed by atoms with van der Waals surface area (Å²) in [4.78, 5) is 53.3. The van der Waals surface area contributed by atoms with Crippen LogP contribution < -0.4 is 10.3 Å². The third-order valence-electron chi connectivity index (χ3n) is 8.18. The van der Waals surface area contributed by atoms with E-state index in [0.717, 1.165) is 27.2 Å². The summed E-state index contributed by atoms with van der Waals surface area (Å²) in [6.07, 6.45) is 2.89. The molecule has 1 fully saturated rings. The van der Waals surface area contributed by atoms with Gasteiger partial charge in [-0.2, -0.15) is 5.10 Å². The molecule has 0 saturated carbocycles. The quantitative estimate of drug-likeness (QED) is 0.178. The van der Waals surface area contributed by atoms with Gasteiger partial charge < -0.3 is 4.42 Å². The summed E-state index contributed by atoms with van der Waals surface area (Å²) < 4.78 is 5.16. The number of benzene rings is 3. The first-order valence-electron chi connectivity index (χ1n) is 12.6. The number of imide groups is 1. The zero-order valence-corrected chi connectivity index (χ0v) is 20.8. The molecule has 1 aliphatic heterocycles. The molecular weight excluding hydrogens is 512 g/mol. The Kier molecular flexibility index (Phi) is 5.08. The average molecular weight is 533 g/mol. The number of hydrogen-bond acceptors (Lipinski definition) is 7. The third kappa shape index (κ3) is 3.04. The van der Waals surface area contributed by atoms with Crippen molar-refractivity contribution in [2.45, 2.75) is 11.3 Å². The normalized spacial score (nSPS) is 24.1. The molecule has 196 valence electrons. The molecule has 3 aromatic carbocycles. The predicted octanol–water partition coefficient (Wildman–Crippen LogP) is 4.15. The van der Waals surface area contributed by atoms with Gasteiger partial charge in [-0.1, -0.05) is 60.7 Å². The van der Waals surface area contributed by atoms with E-state index in [0.29, 0.717) is 0 Å². The Morgan fingerprint density at radius 1 is 0.925 bits per heavy atom. The molecule has 3 amide bonds. The second-order valence-corrected chi connectivity index (χ2v) is 9.96. The van der Waals surface area contributed by atoms with Gasteiger partial charge >= 0.3 is 5.91 Å². The van der Waals surface area contributed by atoms with Gasteiger partial charge in [-0.15, -0.1) is 0 Å². The molecule has 4 aliphatic rings. The summed E-state index contributed by atoms with van der Waals surface area (Å²) in [5.41, 5.74) is 4.18. The Labute approximate surface area is 227 Å². The summed E-state index contributed by atoms with van der Waals surface area (Å²) in [5.74, 6) is -3.78. The first kappa shape index (κ1) is 23.7. The van der Waals surface area contributed by atoms with Crippen molar-refractivity contribution in [3.8, 4) is 0 Å². The van der Waals surface area contributed by atoms with Gasteiger partial charge in [-0.05, 0) is 40.5 Å². The van der Waals surface area contributed by atoms with E-state index in [9.17, 15) is 24.5 Å². The molecule has 2 heterocycles. The minimum Gasteiger partial charge on any atom is -0.459 e. The lowest BCUT2D eigenvalue weighted by Gasteiger charge is -2.52. The number of furan rings is 1. The van der Waals surface area contributed by atoms with E-state index in [1.54, 1.807) is 12.1 Å². The van der Waals surface area contributed by atoms with Crippen molar-refractivity contribution in [1.29, 1.82) is 0 Å². The highest BCUT2D eigenvalue weighted by atomic mass is 16.6. The summed E-state index contributed by atoms with van der Waals surface area (Å²) in [6, 6.07) is 24.0. The van der Waals surface area contributed by atoms with Crippen LogP contribution in [0.15, 0.2) is 101 Å². The highest BCUT2D eigenvalue weighted by molar-refractivity contribution is 6.25. The van der Waals surface area contributed by atoms with Crippen LogP contribution >= 0.6 is 0 Å². The Morgan fingerprint density at radius 2 is 1.57 bits per heavy atom. The second kappa shape index (κ2) is 8.57. The van der Waals surface area contributed by atoms with Gasteiger partial charge in [0.2, 0.25) is 11.8 Å². The van der Waals surface area contributed by atoms with E-state index >= 15 is 0 Å². The highest BCUT2D eigenvalue weighted by Crippen LogP contribution is 2.63. The highest BCUT2D eigenvalue weighted by Gasteiger charge is 2.68. The standard InChI is InChI=1S/C30H20N4O6/c35-27(23-14-7-15-40-23)32-31-16-30-19-10-3-1-8-17(19)24(18-9-2-4-11-20(18)30)25-26(30)29(37)33(28(25)36)21-12-5-6-13-22(21)34(38)39/h1-16,24-26H,(H,32,35)/b31-16-/t24?,25-,26+,30?/m1/s1. The maximum Gasteiger partial charge on any atom is 0.307 e. The lowest BCUT2D eigenvalue weighted by Crippen LogP contribution is -2.54. The van der Waals surface area contributed by atoms with Crippen LogP contribution in [0, 0.1) is 22.0 Å². The van der Waals surface area contributed by atoms with Gasteiger partial charge in [0.05, 0.1) is 28.4 Å². The lowest BCUT2D eigenvalue weighted by molar-refractivity contribution is -0.384. The lowest BCUT2D eigenvalue weighted by atomic mass is 9.47. The number of nitro benzene ring substituents is 1. The van der Waals surface area contributed by atoms with Gasteiger partial charge in [0.25, 0.3) is 5.69 Å². The Balaban J connectivity index is 1.44. The predicted molar refractivity (Wildman–Crippen MR) is 143 cm³/mol. The van der Waals surface area contributed by atoms with Gasteiger partial charge in [0.1, 0.15) is 5.69 Å². The number of hydrazone groups is 1. The fraction of sp³-hybridized carbons (Fsp3) is 0.133. The van der Waals surface area contributed by atoms with E-state index in [1.165, 1.54) is 36.7 Å². The SMILES string of the molecule is O=C(N/N=C\C12c3ccccc3C(c3ccccc31)[C@H]1C(=O)N(c3ccccc3[N+](=O)[O-])C(=O)[C@H]12)c1ccco1. The summed E-state index contributed by atoms with van der Waals surface area (Å²) in [6.45, 7) is 0. The number of amides is 3. The number of para-hydroxylation sites is 2. The molecule has 4 aromatic rings. The molecule has 0 spiro atoms. The Bertz CT molecular complexity index is 1710. The number of nitrogens with zero attached hydrogens (tertiary/aromatic N) is 3. The zero-order chi connectivity index (χ0) is 27.6. The van der Waals surface area contributed by atoms with E-state index < -0.39 is 45.8 Å². The van der Waals surface area contributed by atoms with Crippen LogP contribution in [0.5, 0.6) is 0 Å². The maximum absolute atomic E-state index is 14.3. The number of hydrogen-bond donors (Lipinski definition) is 1. The van der Waals surface area contributed by atoms with Crippen LogP contribution in [0.2, 0.25) is 0 Å². The van der Waals surface area contributed by atoms with E-state index in [1.807, 2.05) is 48.5 Å². The number of nitro groups is 1. The monoisotopic (exact) mass is 532 g/mol. The third-order valence-corrected chi connectivity index (χ3v) is 8.18. The minimum atomic E-state index is -1.23. The van der Waals surface area contributed by atoms with Crippen molar-refractivity contribution in [2.24, 2.45) is 16.9 Å². The molecule has 2 atom stereocenters. The fourth-order valence-corrected chi connectivity index (χ4v) is 6.75. The van der Waals surface area contributed by atoms with Gasteiger partial charge in [-0.25, -0.2) is 10.3 Å². The van der Waals surface area contributed by atoms with E-state index in [4.69, 9.17) is 4.42 Å². The topological polar surface area (TPSA) is 135 Å². The fourth-order valence-electron chi connectivity index (χ4n) is 6.75. The molecular formula is C30H20N4O6. The molecule has 1 N–H and O–H groups in total. The molecule has 0 unspecified atom stereocenters. The Morgan fingerprint density at radius 3 is 2.23 bits per heavy atom. The molecule has 10 heteroatoms. The van der Waals surface area contributed by atoms with Crippen LogP contribution in [0.4, 0.5) is 11.4 Å². The van der Waals surface area contributed by atoms with Crippen molar-refractivity contribution in [3.63, 3.8) is 0 Å². The molecule has 3 aliphatic carbocycles. The number of carbonyl (C=O) groups is 3. The second-order valence-electron chi connectivity index (χ2n) is 9.96. The summed E-state index contributed by atoms with van der Waals surface area (Å²) in [7, 11) is 0. The largest absolute Gasteiger partial charge is 0.459 e. The molecule has 8 rings (SSSR count). The zero-order valence-electron chi connectivity index (χ0n) is 20.8. The van der Waals surface area contributed by atoms with E-state index in [-0.39, 0.29) is 17.1 Å². The van der Waals surface area contributed by atoms with Crippen LogP contribution in [0.3, 0.4) is 0 Å². The van der Waals surface area contributed by atoms with Crippen LogP contribution in [0.1, 0.15) is 38.7 Å². The maximum atomic E-state index is 14.3. The van der Waals surface area contributed by atoms with Crippen molar-refractivity contribution < 1.29 is 23.7 Å².